The van der Waals surface area contributed by atoms with Crippen LogP contribution in [0.2, 0.25) is 0 Å². The second-order valence-corrected chi connectivity index (χ2v) is 5.21. The molecule has 0 aliphatic rings. The zero-order valence-corrected chi connectivity index (χ0v) is 9.74. The summed E-state index contributed by atoms with van der Waals surface area (Å²) in [5.74, 6) is -0.895. The van der Waals surface area contributed by atoms with Crippen molar-refractivity contribution in [2.45, 2.75) is 6.92 Å². The summed E-state index contributed by atoms with van der Waals surface area (Å²) in [5.41, 5.74) is 0. The van der Waals surface area contributed by atoms with Crippen molar-refractivity contribution in [2.75, 3.05) is 34.3 Å². The van der Waals surface area contributed by atoms with Crippen LogP contribution in [0.5, 0.6) is 0 Å². The van der Waals surface area contributed by atoms with E-state index in [1.165, 1.54) is 0 Å². The Morgan fingerprint density at radius 2 is 1.93 bits per heavy atom. The van der Waals surface area contributed by atoms with Gasteiger partial charge in [0, 0.05) is 6.92 Å². The molecule has 0 aliphatic heterocycles. The predicted molar refractivity (Wildman–Crippen MR) is 48.2 cm³/mol. The molecule has 0 N–H and O–H groups in total. The normalized spacial score (nSPS) is 16.1. The Kier molecular flexibility index (Phi) is 4.74. The van der Waals surface area contributed by atoms with Gasteiger partial charge in [-0.2, -0.15) is 0 Å². The molecule has 0 amide bonds. The minimum atomic E-state index is -4.44. The topological polar surface area (TPSA) is 75.7 Å². The van der Waals surface area contributed by atoms with Crippen LogP contribution >= 0.6 is 7.82 Å². The minimum Gasteiger partial charge on any atom is -0.746 e. The van der Waals surface area contributed by atoms with Crippen molar-refractivity contribution < 1.29 is 27.8 Å². The van der Waals surface area contributed by atoms with E-state index < -0.39 is 13.8 Å². The number of hydrogen-bond acceptors (Lipinski definition) is 5. The Morgan fingerprint density at radius 1 is 1.43 bits per heavy atom. The average molecular weight is 225 g/mol. The van der Waals surface area contributed by atoms with Crippen LogP contribution in [-0.2, 0) is 18.4 Å². The van der Waals surface area contributed by atoms with Gasteiger partial charge >= 0.3 is 13.8 Å². The van der Waals surface area contributed by atoms with Crippen LogP contribution in [0.3, 0.4) is 0 Å². The third kappa shape index (κ3) is 8.19. The largest absolute Gasteiger partial charge is 0.746 e. The number of phosphoric ester groups is 1. The van der Waals surface area contributed by atoms with E-state index in [-0.39, 0.29) is 6.61 Å². The fraction of sp³-hybridized carbons (Fsp3) is 0.857. The Morgan fingerprint density at radius 3 is 2.29 bits per heavy atom. The second-order valence-electron chi connectivity index (χ2n) is 3.88. The Labute approximate surface area is 83.6 Å². The third-order valence-corrected chi connectivity index (χ3v) is 2.23. The molecule has 0 radical (unpaired) electrons. The van der Waals surface area contributed by atoms with E-state index in [1.807, 2.05) is 21.1 Å². The molecule has 1 unspecified atom stereocenters. The zero-order valence-electron chi connectivity index (χ0n) is 8.85. The van der Waals surface area contributed by atoms with Crippen molar-refractivity contribution in [2.24, 2.45) is 0 Å². The summed E-state index contributed by atoms with van der Waals surface area (Å²) in [5, 5.41) is 0. The standard InChI is InChI=1S/C7H16NO5P/c1-7(9)13-14(10,11)12-6-5-8(2,3)4/h5-6H2,1-4H3. The first-order valence-corrected chi connectivity index (χ1v) is 5.55. The van der Waals surface area contributed by atoms with E-state index in [1.54, 1.807) is 0 Å². The Bertz CT molecular complexity index is 247. The third-order valence-electron chi connectivity index (χ3n) is 1.25. The monoisotopic (exact) mass is 225 g/mol. The Hall–Kier alpha value is -0.420. The Balaban J connectivity index is 3.89. The van der Waals surface area contributed by atoms with Gasteiger partial charge in [0.2, 0.25) is 0 Å². The van der Waals surface area contributed by atoms with Crippen LogP contribution in [0.1, 0.15) is 6.92 Å². The molecule has 0 heterocycles. The lowest BCUT2D eigenvalue weighted by Crippen LogP contribution is -2.37. The van der Waals surface area contributed by atoms with Crippen LogP contribution < -0.4 is 4.89 Å². The first-order valence-electron chi connectivity index (χ1n) is 4.09. The molecule has 0 aromatic carbocycles. The highest BCUT2D eigenvalue weighted by atomic mass is 31.2. The van der Waals surface area contributed by atoms with Crippen LogP contribution in [0.4, 0.5) is 0 Å². The molecule has 0 fully saturated rings. The molecule has 0 aromatic heterocycles. The summed E-state index contributed by atoms with van der Waals surface area (Å²) in [6, 6.07) is 0. The van der Waals surface area contributed by atoms with Gasteiger partial charge in [0.05, 0.1) is 21.1 Å². The number of likely N-dealkylation sites (N-methyl/N-ethyl adjacent to an activating group) is 1. The van der Waals surface area contributed by atoms with Crippen molar-refractivity contribution in [3.8, 4) is 0 Å². The zero-order chi connectivity index (χ0) is 11.4. The summed E-state index contributed by atoms with van der Waals surface area (Å²) < 4.78 is 19.9. The number of carbonyl (C=O) groups is 1. The van der Waals surface area contributed by atoms with E-state index in [0.717, 1.165) is 6.92 Å². The van der Waals surface area contributed by atoms with Crippen molar-refractivity contribution in [3.05, 3.63) is 0 Å². The van der Waals surface area contributed by atoms with Crippen LogP contribution in [0.15, 0.2) is 0 Å². The number of carbonyl (C=O) groups excluding carboxylic acids is 1. The summed E-state index contributed by atoms with van der Waals surface area (Å²) in [7, 11) is 1.24. The molecule has 1 atom stereocenters. The summed E-state index contributed by atoms with van der Waals surface area (Å²) in [4.78, 5) is 21.2. The molecule has 84 valence electrons. The quantitative estimate of drug-likeness (QED) is 0.476. The number of nitrogens with zero attached hydrogens (tertiary/aromatic N) is 1. The van der Waals surface area contributed by atoms with Crippen molar-refractivity contribution in [1.29, 1.82) is 0 Å². The fourth-order valence-electron chi connectivity index (χ4n) is 0.610. The molecule has 0 spiro atoms. The van der Waals surface area contributed by atoms with Gasteiger partial charge in [-0.05, 0) is 0 Å². The first kappa shape index (κ1) is 13.6. The molecule has 14 heavy (non-hydrogen) atoms. The van der Waals surface area contributed by atoms with E-state index in [2.05, 4.69) is 9.05 Å². The molecular formula is C7H16NO5P. The number of phosphoric acid groups is 1. The van der Waals surface area contributed by atoms with Crippen LogP contribution in [-0.4, -0.2) is 44.7 Å². The van der Waals surface area contributed by atoms with E-state index in [4.69, 9.17) is 0 Å². The fourth-order valence-corrected chi connectivity index (χ4v) is 1.28. The highest BCUT2D eigenvalue weighted by Gasteiger charge is 2.15. The molecule has 0 saturated carbocycles. The predicted octanol–water partition coefficient (Wildman–Crippen LogP) is -0.259. The van der Waals surface area contributed by atoms with Gasteiger partial charge in [-0.15, -0.1) is 0 Å². The maximum absolute atomic E-state index is 10.9. The van der Waals surface area contributed by atoms with Gasteiger partial charge in [0.25, 0.3) is 0 Å². The molecule has 7 heteroatoms. The van der Waals surface area contributed by atoms with Crippen LogP contribution in [0.25, 0.3) is 0 Å². The van der Waals surface area contributed by atoms with Gasteiger partial charge in [-0.1, -0.05) is 0 Å². The van der Waals surface area contributed by atoms with Crippen molar-refractivity contribution >= 4 is 13.8 Å². The van der Waals surface area contributed by atoms with E-state index in [0.29, 0.717) is 11.0 Å². The molecule has 0 rings (SSSR count). The SMILES string of the molecule is CC(=O)OP(=O)([O-])OCC[N+](C)(C)C. The number of hydrogen-bond donors (Lipinski definition) is 0. The van der Waals surface area contributed by atoms with Gasteiger partial charge in [-0.3, -0.25) is 9.36 Å². The minimum absolute atomic E-state index is 0.00242. The maximum atomic E-state index is 10.9. The molecule has 0 saturated heterocycles. The van der Waals surface area contributed by atoms with Gasteiger partial charge in [0.15, 0.2) is 0 Å². The van der Waals surface area contributed by atoms with E-state index >= 15 is 0 Å². The molecule has 0 aromatic rings. The molecule has 6 nitrogen and oxygen atoms in total. The number of rotatable bonds is 5. The maximum Gasteiger partial charge on any atom is 0.322 e. The summed E-state index contributed by atoms with van der Waals surface area (Å²) in [6.45, 7) is 1.51. The van der Waals surface area contributed by atoms with Crippen molar-refractivity contribution in [1.82, 2.24) is 0 Å². The number of quaternary nitrogens is 1. The summed E-state index contributed by atoms with van der Waals surface area (Å²) >= 11 is 0. The van der Waals surface area contributed by atoms with Gasteiger partial charge in [0.1, 0.15) is 13.2 Å². The van der Waals surface area contributed by atoms with Crippen molar-refractivity contribution in [3.63, 3.8) is 0 Å². The highest BCUT2D eigenvalue weighted by molar-refractivity contribution is 7.46. The average Bonchev–Trinajstić information content (AvgIpc) is 1.78. The lowest BCUT2D eigenvalue weighted by molar-refractivity contribution is -0.870. The van der Waals surface area contributed by atoms with Gasteiger partial charge < -0.3 is 18.4 Å². The summed E-state index contributed by atoms with van der Waals surface area (Å²) in [6.07, 6.45) is 0. The van der Waals surface area contributed by atoms with Gasteiger partial charge in [-0.25, -0.2) is 0 Å². The molecular weight excluding hydrogens is 209 g/mol. The first-order chi connectivity index (χ1) is 6.12. The molecule has 0 bridgehead atoms. The lowest BCUT2D eigenvalue weighted by atomic mass is 10.5. The van der Waals surface area contributed by atoms with E-state index in [9.17, 15) is 14.3 Å². The molecule has 0 aliphatic carbocycles. The highest BCUT2D eigenvalue weighted by Crippen LogP contribution is 2.37. The smallest absolute Gasteiger partial charge is 0.322 e. The second kappa shape index (κ2) is 4.89. The lowest BCUT2D eigenvalue weighted by Gasteiger charge is -2.26. The van der Waals surface area contributed by atoms with Crippen LogP contribution in [0, 0.1) is 0 Å².